The molecule has 0 saturated carbocycles. The van der Waals surface area contributed by atoms with Gasteiger partial charge in [-0.1, -0.05) is 18.2 Å². The van der Waals surface area contributed by atoms with Crippen LogP contribution in [0.1, 0.15) is 0 Å². The molecule has 3 aromatic rings. The second kappa shape index (κ2) is 4.98. The van der Waals surface area contributed by atoms with E-state index in [0.717, 1.165) is 16.7 Å². The van der Waals surface area contributed by atoms with Gasteiger partial charge in [0.2, 0.25) is 0 Å². The van der Waals surface area contributed by atoms with Crippen LogP contribution in [0, 0.1) is 5.82 Å². The zero-order valence-corrected chi connectivity index (χ0v) is 10.1. The molecule has 0 radical (unpaired) electrons. The van der Waals surface area contributed by atoms with Crippen molar-refractivity contribution in [1.82, 2.24) is 9.97 Å². The Morgan fingerprint density at radius 1 is 0.737 bits per heavy atom. The van der Waals surface area contributed by atoms with Crippen molar-refractivity contribution in [2.75, 3.05) is 0 Å². The van der Waals surface area contributed by atoms with Crippen molar-refractivity contribution in [2.45, 2.75) is 0 Å². The molecule has 92 valence electrons. The first-order valence-electron chi connectivity index (χ1n) is 5.95. The molecule has 2 aromatic heterocycles. The Balaban J connectivity index is 2.25. The minimum atomic E-state index is -0.248. The summed E-state index contributed by atoms with van der Waals surface area (Å²) in [7, 11) is 0. The summed E-state index contributed by atoms with van der Waals surface area (Å²) in [5.74, 6) is -0.248. The van der Waals surface area contributed by atoms with Crippen LogP contribution >= 0.6 is 0 Å². The molecule has 0 amide bonds. The van der Waals surface area contributed by atoms with Gasteiger partial charge in [-0.15, -0.1) is 0 Å². The molecule has 0 spiro atoms. The fourth-order valence-electron chi connectivity index (χ4n) is 2.10. The van der Waals surface area contributed by atoms with E-state index in [1.807, 2.05) is 24.3 Å². The minimum Gasteiger partial charge on any atom is -0.265 e. The number of aromatic nitrogens is 2. The van der Waals surface area contributed by atoms with Crippen molar-refractivity contribution in [3.8, 4) is 22.3 Å². The van der Waals surface area contributed by atoms with Gasteiger partial charge >= 0.3 is 0 Å². The Hall–Kier alpha value is -2.55. The summed E-state index contributed by atoms with van der Waals surface area (Å²) >= 11 is 0. The lowest BCUT2D eigenvalue weighted by molar-refractivity contribution is 0.631. The van der Waals surface area contributed by atoms with Gasteiger partial charge in [0.15, 0.2) is 0 Å². The Morgan fingerprint density at radius 2 is 1.58 bits per heavy atom. The van der Waals surface area contributed by atoms with Crippen LogP contribution in [0.4, 0.5) is 4.39 Å². The maximum Gasteiger partial charge on any atom is 0.131 e. The van der Waals surface area contributed by atoms with Crippen LogP contribution in [0.15, 0.2) is 67.3 Å². The van der Waals surface area contributed by atoms with Gasteiger partial charge in [-0.2, -0.15) is 0 Å². The van der Waals surface area contributed by atoms with E-state index < -0.39 is 0 Å². The molecule has 3 rings (SSSR count). The monoisotopic (exact) mass is 250 g/mol. The third kappa shape index (κ3) is 2.22. The quantitative estimate of drug-likeness (QED) is 0.688. The fourth-order valence-corrected chi connectivity index (χ4v) is 2.10. The maximum absolute atomic E-state index is 14.2. The van der Waals surface area contributed by atoms with E-state index in [4.69, 9.17) is 0 Å². The van der Waals surface area contributed by atoms with E-state index >= 15 is 0 Å². The number of hydrogen-bond acceptors (Lipinski definition) is 2. The summed E-state index contributed by atoms with van der Waals surface area (Å²) in [4.78, 5) is 8.05. The molecule has 3 heteroatoms. The third-order valence-electron chi connectivity index (χ3n) is 2.96. The third-order valence-corrected chi connectivity index (χ3v) is 2.96. The smallest absolute Gasteiger partial charge is 0.131 e. The Labute approximate surface area is 110 Å². The molecule has 0 aliphatic carbocycles. The van der Waals surface area contributed by atoms with E-state index in [-0.39, 0.29) is 5.82 Å². The van der Waals surface area contributed by atoms with Gasteiger partial charge in [0, 0.05) is 35.9 Å². The van der Waals surface area contributed by atoms with Gasteiger partial charge in [-0.25, -0.2) is 4.39 Å². The standard InChI is InChI=1S/C16H11FN2/c17-15-5-1-4-14(12-6-9-18-10-7-12)16(15)13-3-2-8-19-11-13/h1-11H. The summed E-state index contributed by atoms with van der Waals surface area (Å²) in [5.41, 5.74) is 3.12. The van der Waals surface area contributed by atoms with Crippen molar-refractivity contribution in [2.24, 2.45) is 0 Å². The van der Waals surface area contributed by atoms with Crippen molar-refractivity contribution >= 4 is 0 Å². The molecule has 0 aliphatic rings. The van der Waals surface area contributed by atoms with Crippen LogP contribution in [0.2, 0.25) is 0 Å². The molecule has 0 saturated heterocycles. The highest BCUT2D eigenvalue weighted by molar-refractivity contribution is 5.83. The number of hydrogen-bond donors (Lipinski definition) is 0. The highest BCUT2D eigenvalue weighted by Crippen LogP contribution is 2.33. The normalized spacial score (nSPS) is 10.4. The van der Waals surface area contributed by atoms with Crippen LogP contribution in [0.25, 0.3) is 22.3 Å². The average molecular weight is 250 g/mol. The highest BCUT2D eigenvalue weighted by atomic mass is 19.1. The van der Waals surface area contributed by atoms with Gasteiger partial charge in [0.1, 0.15) is 5.82 Å². The van der Waals surface area contributed by atoms with Crippen molar-refractivity contribution in [1.29, 1.82) is 0 Å². The molecule has 1 aromatic carbocycles. The van der Waals surface area contributed by atoms with Crippen LogP contribution in [0.5, 0.6) is 0 Å². The highest BCUT2D eigenvalue weighted by Gasteiger charge is 2.12. The molecule has 2 heterocycles. The zero-order valence-electron chi connectivity index (χ0n) is 10.1. The Kier molecular flexibility index (Phi) is 3.02. The first-order chi connectivity index (χ1) is 9.36. The molecular weight excluding hydrogens is 239 g/mol. The number of halogens is 1. The number of benzene rings is 1. The largest absolute Gasteiger partial charge is 0.265 e. The zero-order chi connectivity index (χ0) is 13.1. The molecular formula is C16H11FN2. The number of rotatable bonds is 2. The molecule has 0 unspecified atom stereocenters. The van der Waals surface area contributed by atoms with Crippen LogP contribution in [0.3, 0.4) is 0 Å². The van der Waals surface area contributed by atoms with E-state index in [1.54, 1.807) is 36.9 Å². The summed E-state index contributed by atoms with van der Waals surface area (Å²) in [6.07, 6.45) is 6.75. The predicted molar refractivity (Wildman–Crippen MR) is 72.9 cm³/mol. The lowest BCUT2D eigenvalue weighted by atomic mass is 9.95. The molecule has 0 atom stereocenters. The van der Waals surface area contributed by atoms with E-state index in [0.29, 0.717) is 5.56 Å². The molecule has 0 aliphatic heterocycles. The first kappa shape index (κ1) is 11.5. The van der Waals surface area contributed by atoms with E-state index in [1.165, 1.54) is 6.07 Å². The molecule has 0 N–H and O–H groups in total. The van der Waals surface area contributed by atoms with Gasteiger partial charge in [-0.05, 0) is 35.4 Å². The summed E-state index contributed by atoms with van der Waals surface area (Å²) in [6.45, 7) is 0. The van der Waals surface area contributed by atoms with Gasteiger partial charge in [0.25, 0.3) is 0 Å². The number of nitrogens with zero attached hydrogens (tertiary/aromatic N) is 2. The maximum atomic E-state index is 14.2. The average Bonchev–Trinajstić information content (AvgIpc) is 2.49. The fraction of sp³-hybridized carbons (Fsp3) is 0. The second-order valence-corrected chi connectivity index (χ2v) is 4.14. The van der Waals surface area contributed by atoms with E-state index in [9.17, 15) is 4.39 Å². The van der Waals surface area contributed by atoms with Crippen LogP contribution in [-0.2, 0) is 0 Å². The van der Waals surface area contributed by atoms with Gasteiger partial charge in [0.05, 0.1) is 0 Å². The van der Waals surface area contributed by atoms with Crippen LogP contribution < -0.4 is 0 Å². The Bertz CT molecular complexity index is 682. The molecule has 2 nitrogen and oxygen atoms in total. The van der Waals surface area contributed by atoms with Crippen molar-refractivity contribution in [3.63, 3.8) is 0 Å². The van der Waals surface area contributed by atoms with Crippen molar-refractivity contribution < 1.29 is 4.39 Å². The second-order valence-electron chi connectivity index (χ2n) is 4.14. The SMILES string of the molecule is Fc1cccc(-c2ccncc2)c1-c1cccnc1. The minimum absolute atomic E-state index is 0.248. The first-order valence-corrected chi connectivity index (χ1v) is 5.95. The van der Waals surface area contributed by atoms with Gasteiger partial charge < -0.3 is 0 Å². The molecule has 19 heavy (non-hydrogen) atoms. The van der Waals surface area contributed by atoms with Gasteiger partial charge in [-0.3, -0.25) is 9.97 Å². The summed E-state index contributed by atoms with van der Waals surface area (Å²) < 4.78 is 14.2. The lowest BCUT2D eigenvalue weighted by Gasteiger charge is -2.10. The molecule has 0 bridgehead atoms. The lowest BCUT2D eigenvalue weighted by Crippen LogP contribution is -1.90. The number of pyridine rings is 2. The topological polar surface area (TPSA) is 25.8 Å². The Morgan fingerprint density at radius 3 is 2.32 bits per heavy atom. The van der Waals surface area contributed by atoms with Crippen molar-refractivity contribution in [3.05, 3.63) is 73.1 Å². The molecule has 0 fully saturated rings. The van der Waals surface area contributed by atoms with Crippen LogP contribution in [-0.4, -0.2) is 9.97 Å². The predicted octanol–water partition coefficient (Wildman–Crippen LogP) is 3.95. The summed E-state index contributed by atoms with van der Waals surface area (Å²) in [6, 6.07) is 12.5. The van der Waals surface area contributed by atoms with E-state index in [2.05, 4.69) is 9.97 Å². The summed E-state index contributed by atoms with van der Waals surface area (Å²) in [5, 5.41) is 0.